The molecule has 23 heavy (non-hydrogen) atoms. The third-order valence-corrected chi connectivity index (χ3v) is 3.59. The molecule has 2 aromatic heterocycles. The van der Waals surface area contributed by atoms with E-state index in [2.05, 4.69) is 39.4 Å². The molecule has 0 bridgehead atoms. The molecular weight excluding hydrogens is 286 g/mol. The van der Waals surface area contributed by atoms with Crippen LogP contribution in [-0.2, 0) is 0 Å². The molecular formula is C18H21N5. The molecule has 0 spiro atoms. The summed E-state index contributed by atoms with van der Waals surface area (Å²) in [6, 6.07) is 12.0. The molecule has 3 rings (SSSR count). The summed E-state index contributed by atoms with van der Waals surface area (Å²) in [6.45, 7) is 5.33. The number of nitrogens with one attached hydrogen (secondary N) is 2. The van der Waals surface area contributed by atoms with Crippen molar-refractivity contribution in [3.8, 4) is 0 Å². The summed E-state index contributed by atoms with van der Waals surface area (Å²) < 4.78 is 0. The first-order valence-electron chi connectivity index (χ1n) is 7.89. The normalized spacial score (nSPS) is 10.9. The first-order chi connectivity index (χ1) is 11.2. The number of pyridine rings is 1. The minimum absolute atomic E-state index is 0.670. The van der Waals surface area contributed by atoms with Gasteiger partial charge in [-0.25, -0.2) is 9.97 Å². The maximum atomic E-state index is 4.45. The van der Waals surface area contributed by atoms with Crippen LogP contribution in [0.5, 0.6) is 0 Å². The molecule has 0 fully saturated rings. The van der Waals surface area contributed by atoms with E-state index in [4.69, 9.17) is 0 Å². The lowest BCUT2D eigenvalue weighted by atomic mass is 10.1. The van der Waals surface area contributed by atoms with E-state index in [1.165, 1.54) is 0 Å². The first kappa shape index (κ1) is 15.2. The van der Waals surface area contributed by atoms with E-state index in [1.54, 1.807) is 12.5 Å². The van der Waals surface area contributed by atoms with Crippen molar-refractivity contribution in [3.05, 3.63) is 48.9 Å². The lowest BCUT2D eigenvalue weighted by molar-refractivity contribution is 0.606. The maximum absolute atomic E-state index is 4.45. The molecule has 0 saturated carbocycles. The fourth-order valence-corrected chi connectivity index (χ4v) is 2.35. The van der Waals surface area contributed by atoms with Crippen molar-refractivity contribution < 1.29 is 0 Å². The van der Waals surface area contributed by atoms with Gasteiger partial charge < -0.3 is 10.6 Å². The third kappa shape index (κ3) is 3.94. The number of aromatic nitrogens is 3. The SMILES string of the molecule is CC(C)CCNc1cc(Nc2cccc3cccnc23)ncn1. The van der Waals surface area contributed by atoms with Crippen LogP contribution in [0.1, 0.15) is 20.3 Å². The quantitative estimate of drug-likeness (QED) is 0.713. The molecule has 0 saturated heterocycles. The summed E-state index contributed by atoms with van der Waals surface area (Å²) in [7, 11) is 0. The Hall–Kier alpha value is -2.69. The van der Waals surface area contributed by atoms with Crippen molar-refractivity contribution in [2.24, 2.45) is 5.92 Å². The number of hydrogen-bond acceptors (Lipinski definition) is 5. The molecule has 3 aromatic rings. The zero-order chi connectivity index (χ0) is 16.1. The van der Waals surface area contributed by atoms with Gasteiger partial charge in [-0.15, -0.1) is 0 Å². The number of rotatable bonds is 6. The smallest absolute Gasteiger partial charge is 0.135 e. The summed E-state index contributed by atoms with van der Waals surface area (Å²) in [4.78, 5) is 13.0. The lowest BCUT2D eigenvalue weighted by Crippen LogP contribution is -2.07. The van der Waals surface area contributed by atoms with Crippen LogP contribution in [0, 0.1) is 5.92 Å². The van der Waals surface area contributed by atoms with Gasteiger partial charge in [-0.2, -0.15) is 0 Å². The van der Waals surface area contributed by atoms with Gasteiger partial charge in [-0.05, 0) is 24.5 Å². The van der Waals surface area contributed by atoms with Gasteiger partial charge in [0.15, 0.2) is 0 Å². The van der Waals surface area contributed by atoms with Gasteiger partial charge in [0.05, 0.1) is 11.2 Å². The zero-order valence-corrected chi connectivity index (χ0v) is 13.5. The monoisotopic (exact) mass is 307 g/mol. The number of anilines is 3. The summed E-state index contributed by atoms with van der Waals surface area (Å²) in [5, 5.41) is 7.76. The molecule has 118 valence electrons. The largest absolute Gasteiger partial charge is 0.370 e. The summed E-state index contributed by atoms with van der Waals surface area (Å²) in [5.41, 5.74) is 1.87. The van der Waals surface area contributed by atoms with Gasteiger partial charge in [0.1, 0.15) is 18.0 Å². The summed E-state index contributed by atoms with van der Waals surface area (Å²) in [5.74, 6) is 2.25. The Morgan fingerprint density at radius 3 is 2.70 bits per heavy atom. The molecule has 5 nitrogen and oxygen atoms in total. The molecule has 0 aliphatic rings. The average molecular weight is 307 g/mol. The molecule has 0 unspecified atom stereocenters. The van der Waals surface area contributed by atoms with Crippen LogP contribution in [0.15, 0.2) is 48.9 Å². The predicted molar refractivity (Wildman–Crippen MR) is 95.0 cm³/mol. The van der Waals surface area contributed by atoms with Gasteiger partial charge in [0.2, 0.25) is 0 Å². The first-order valence-corrected chi connectivity index (χ1v) is 7.89. The summed E-state index contributed by atoms with van der Waals surface area (Å²) >= 11 is 0. The van der Waals surface area contributed by atoms with Crippen molar-refractivity contribution in [1.82, 2.24) is 15.0 Å². The van der Waals surface area contributed by atoms with Crippen molar-refractivity contribution in [3.63, 3.8) is 0 Å². The van der Waals surface area contributed by atoms with Crippen molar-refractivity contribution in [2.75, 3.05) is 17.2 Å². The molecule has 1 aromatic carbocycles. The molecule has 0 aliphatic carbocycles. The second kappa shape index (κ2) is 7.05. The Balaban J connectivity index is 1.77. The van der Waals surface area contributed by atoms with E-state index in [9.17, 15) is 0 Å². The number of benzene rings is 1. The van der Waals surface area contributed by atoms with Crippen LogP contribution < -0.4 is 10.6 Å². The molecule has 0 radical (unpaired) electrons. The fourth-order valence-electron chi connectivity index (χ4n) is 2.35. The molecule has 0 aliphatic heterocycles. The lowest BCUT2D eigenvalue weighted by Gasteiger charge is -2.10. The molecule has 5 heteroatoms. The number of hydrogen-bond donors (Lipinski definition) is 2. The predicted octanol–water partition coefficient (Wildman–Crippen LogP) is 4.23. The second-order valence-corrected chi connectivity index (χ2v) is 5.90. The molecule has 2 heterocycles. The van der Waals surface area contributed by atoms with Crippen LogP contribution in [0.25, 0.3) is 10.9 Å². The van der Waals surface area contributed by atoms with E-state index in [0.29, 0.717) is 5.92 Å². The van der Waals surface area contributed by atoms with E-state index in [1.807, 2.05) is 36.4 Å². The Labute approximate surface area is 136 Å². The molecule has 0 amide bonds. The van der Waals surface area contributed by atoms with E-state index in [0.717, 1.165) is 41.2 Å². The average Bonchev–Trinajstić information content (AvgIpc) is 2.55. The van der Waals surface area contributed by atoms with Crippen molar-refractivity contribution >= 4 is 28.2 Å². The number of fused-ring (bicyclic) bond motifs is 1. The topological polar surface area (TPSA) is 62.7 Å². The van der Waals surface area contributed by atoms with Crippen LogP contribution >= 0.6 is 0 Å². The van der Waals surface area contributed by atoms with Crippen LogP contribution in [-0.4, -0.2) is 21.5 Å². The van der Waals surface area contributed by atoms with Crippen LogP contribution in [0.2, 0.25) is 0 Å². The fraction of sp³-hybridized carbons (Fsp3) is 0.278. The van der Waals surface area contributed by atoms with Crippen molar-refractivity contribution in [2.45, 2.75) is 20.3 Å². The second-order valence-electron chi connectivity index (χ2n) is 5.90. The number of nitrogens with zero attached hydrogens (tertiary/aromatic N) is 3. The summed E-state index contributed by atoms with van der Waals surface area (Å²) in [6.07, 6.45) is 4.48. The van der Waals surface area contributed by atoms with Gasteiger partial charge in [0.25, 0.3) is 0 Å². The van der Waals surface area contributed by atoms with Gasteiger partial charge in [-0.1, -0.05) is 32.0 Å². The standard InChI is InChI=1S/C18H21N5/c1-13(2)8-10-19-16-11-17(22-12-21-16)23-15-7-3-5-14-6-4-9-20-18(14)15/h3-7,9,11-13H,8,10H2,1-2H3,(H2,19,21,22,23). The highest BCUT2D eigenvalue weighted by molar-refractivity contribution is 5.91. The molecule has 2 N–H and O–H groups in total. The van der Waals surface area contributed by atoms with E-state index >= 15 is 0 Å². The van der Waals surface area contributed by atoms with Gasteiger partial charge in [0, 0.05) is 24.2 Å². The zero-order valence-electron chi connectivity index (χ0n) is 13.5. The molecule has 0 atom stereocenters. The van der Waals surface area contributed by atoms with E-state index < -0.39 is 0 Å². The Bertz CT molecular complexity index is 780. The number of para-hydroxylation sites is 1. The van der Waals surface area contributed by atoms with Crippen molar-refractivity contribution in [1.29, 1.82) is 0 Å². The Morgan fingerprint density at radius 2 is 1.83 bits per heavy atom. The van der Waals surface area contributed by atoms with Crippen LogP contribution in [0.4, 0.5) is 17.3 Å². The highest BCUT2D eigenvalue weighted by atomic mass is 15.1. The van der Waals surface area contributed by atoms with Gasteiger partial charge >= 0.3 is 0 Å². The minimum atomic E-state index is 0.670. The third-order valence-electron chi connectivity index (χ3n) is 3.59. The minimum Gasteiger partial charge on any atom is -0.370 e. The highest BCUT2D eigenvalue weighted by Gasteiger charge is 2.04. The Kier molecular flexibility index (Phi) is 4.66. The maximum Gasteiger partial charge on any atom is 0.135 e. The highest BCUT2D eigenvalue weighted by Crippen LogP contribution is 2.24. The van der Waals surface area contributed by atoms with E-state index in [-0.39, 0.29) is 0 Å². The van der Waals surface area contributed by atoms with Gasteiger partial charge in [-0.3, -0.25) is 4.98 Å². The van der Waals surface area contributed by atoms with Crippen LogP contribution in [0.3, 0.4) is 0 Å². The Morgan fingerprint density at radius 1 is 1.00 bits per heavy atom.